The highest BCUT2D eigenvalue weighted by Crippen LogP contribution is 2.64. The Labute approximate surface area is 192 Å². The van der Waals surface area contributed by atoms with Gasteiger partial charge >= 0.3 is 6.30 Å². The molecule has 6 rings (SSSR count). The van der Waals surface area contributed by atoms with E-state index in [4.69, 9.17) is 4.74 Å². The zero-order chi connectivity index (χ0) is 23.6. The molecular formula is C24H22F4N4O2. The number of amides is 1. The summed E-state index contributed by atoms with van der Waals surface area (Å²) in [5.41, 5.74) is 0.665. The van der Waals surface area contributed by atoms with Crippen molar-refractivity contribution in [3.63, 3.8) is 0 Å². The van der Waals surface area contributed by atoms with Crippen molar-refractivity contribution in [3.05, 3.63) is 48.5 Å². The molecule has 1 N–H and O–H groups in total. The number of aromatic nitrogens is 3. The van der Waals surface area contributed by atoms with E-state index in [9.17, 15) is 22.4 Å². The van der Waals surface area contributed by atoms with E-state index in [2.05, 4.69) is 15.4 Å². The molecule has 2 aromatic heterocycles. The van der Waals surface area contributed by atoms with E-state index in [1.807, 2.05) is 0 Å². The van der Waals surface area contributed by atoms with Gasteiger partial charge in [0, 0.05) is 29.8 Å². The third kappa shape index (κ3) is 3.88. The van der Waals surface area contributed by atoms with Crippen molar-refractivity contribution < 1.29 is 27.1 Å². The molecule has 1 unspecified atom stereocenters. The van der Waals surface area contributed by atoms with E-state index < -0.39 is 6.30 Å². The molecule has 0 saturated heterocycles. The summed E-state index contributed by atoms with van der Waals surface area (Å²) in [6, 6.07) is 7.31. The SMILES string of the molecule is O=C(Nc1ccn(C(F)(F)F)n1)C(C1CC1)[C@@H]1[C@@H]2C[C@@H](Oc3ccnc4ccc(F)cc34)C[C@@H]21. The third-order valence-electron chi connectivity index (χ3n) is 7.37. The Morgan fingerprint density at radius 1 is 1.15 bits per heavy atom. The summed E-state index contributed by atoms with van der Waals surface area (Å²) in [7, 11) is 0. The lowest BCUT2D eigenvalue weighted by Gasteiger charge is -2.22. The Kier molecular flexibility index (Phi) is 4.82. The zero-order valence-electron chi connectivity index (χ0n) is 18.0. The van der Waals surface area contributed by atoms with Gasteiger partial charge in [-0.2, -0.15) is 4.68 Å². The fraction of sp³-hybridized carbons (Fsp3) is 0.458. The van der Waals surface area contributed by atoms with Crippen LogP contribution in [0.5, 0.6) is 5.75 Å². The highest BCUT2D eigenvalue weighted by molar-refractivity contribution is 5.92. The molecule has 6 nitrogen and oxygen atoms in total. The van der Waals surface area contributed by atoms with E-state index in [-0.39, 0.29) is 46.1 Å². The zero-order valence-corrected chi connectivity index (χ0v) is 18.0. The summed E-state index contributed by atoms with van der Waals surface area (Å²) in [4.78, 5) is 17.3. The number of carbonyl (C=O) groups is 1. The van der Waals surface area contributed by atoms with Gasteiger partial charge in [0.25, 0.3) is 0 Å². The van der Waals surface area contributed by atoms with Gasteiger partial charge in [0.1, 0.15) is 11.6 Å². The summed E-state index contributed by atoms with van der Waals surface area (Å²) in [6.45, 7) is 0. The molecule has 1 aromatic carbocycles. The average molecular weight is 474 g/mol. The first-order valence-electron chi connectivity index (χ1n) is 11.4. The first-order chi connectivity index (χ1) is 16.3. The number of fused-ring (bicyclic) bond motifs is 2. The molecule has 3 saturated carbocycles. The average Bonchev–Trinajstić information content (AvgIpc) is 3.61. The molecule has 0 aliphatic heterocycles. The fourth-order valence-electron chi connectivity index (χ4n) is 5.75. The lowest BCUT2D eigenvalue weighted by molar-refractivity contribution is -0.212. The number of alkyl halides is 3. The van der Waals surface area contributed by atoms with Crippen molar-refractivity contribution >= 4 is 22.6 Å². The molecular weight excluding hydrogens is 452 g/mol. The van der Waals surface area contributed by atoms with E-state index >= 15 is 0 Å². The van der Waals surface area contributed by atoms with Crippen LogP contribution in [0.25, 0.3) is 10.9 Å². The normalized spacial score (nSPS) is 26.8. The maximum absolute atomic E-state index is 13.7. The maximum Gasteiger partial charge on any atom is 0.504 e. The minimum atomic E-state index is -4.62. The van der Waals surface area contributed by atoms with Gasteiger partial charge < -0.3 is 10.1 Å². The van der Waals surface area contributed by atoms with E-state index in [1.165, 1.54) is 12.1 Å². The van der Waals surface area contributed by atoms with Crippen LogP contribution in [0.1, 0.15) is 25.7 Å². The molecule has 5 atom stereocenters. The standard InChI is InChI=1S/C24H22F4N4O2/c25-13-3-4-18-17(9-13)19(5-7-29-18)34-14-10-15-16(11-14)22(15)21(12-1-2-12)23(33)30-20-6-8-32(31-20)24(26,27)28/h3-9,12,14-16,21-22H,1-2,10-11H2,(H,30,31,33)/t14-,15-,16+,21?,22-. The highest BCUT2D eigenvalue weighted by atomic mass is 19.4. The van der Waals surface area contributed by atoms with Crippen LogP contribution in [0.15, 0.2) is 42.7 Å². The van der Waals surface area contributed by atoms with Crippen molar-refractivity contribution in [1.82, 2.24) is 14.8 Å². The van der Waals surface area contributed by atoms with Crippen molar-refractivity contribution in [1.29, 1.82) is 0 Å². The number of ether oxygens (including phenoxy) is 1. The largest absolute Gasteiger partial charge is 0.504 e. The molecule has 3 aliphatic rings. The van der Waals surface area contributed by atoms with Crippen LogP contribution in [0.2, 0.25) is 0 Å². The maximum atomic E-state index is 13.7. The topological polar surface area (TPSA) is 69.0 Å². The third-order valence-corrected chi connectivity index (χ3v) is 7.37. The number of pyridine rings is 1. The van der Waals surface area contributed by atoms with Crippen LogP contribution in [0.4, 0.5) is 23.4 Å². The molecule has 0 radical (unpaired) electrons. The predicted octanol–water partition coefficient (Wildman–Crippen LogP) is 5.12. The van der Waals surface area contributed by atoms with Gasteiger partial charge in [0.15, 0.2) is 5.82 Å². The second kappa shape index (κ2) is 7.68. The number of hydrogen-bond acceptors (Lipinski definition) is 4. The smallest absolute Gasteiger partial charge is 0.490 e. The molecule has 0 spiro atoms. The number of benzene rings is 1. The van der Waals surface area contributed by atoms with Gasteiger partial charge in [-0.05, 0) is 73.6 Å². The number of rotatable bonds is 6. The van der Waals surface area contributed by atoms with Crippen LogP contribution in [0, 0.1) is 35.4 Å². The Morgan fingerprint density at radius 3 is 2.59 bits per heavy atom. The lowest BCUT2D eigenvalue weighted by Crippen LogP contribution is -2.29. The number of carbonyl (C=O) groups excluding carboxylic acids is 1. The van der Waals surface area contributed by atoms with Crippen molar-refractivity contribution in [2.45, 2.75) is 38.1 Å². The van der Waals surface area contributed by atoms with Crippen LogP contribution in [-0.4, -0.2) is 26.8 Å². The highest BCUT2D eigenvalue weighted by Gasteiger charge is 2.63. The number of hydrogen-bond donors (Lipinski definition) is 1. The second-order valence-corrected chi connectivity index (χ2v) is 9.55. The minimum absolute atomic E-state index is 0.0227. The molecule has 1 amide bonds. The Balaban J connectivity index is 1.11. The van der Waals surface area contributed by atoms with Crippen LogP contribution in [0.3, 0.4) is 0 Å². The lowest BCUT2D eigenvalue weighted by atomic mass is 9.91. The summed E-state index contributed by atoms with van der Waals surface area (Å²) < 4.78 is 58.2. The van der Waals surface area contributed by atoms with Gasteiger partial charge in [-0.15, -0.1) is 18.3 Å². The molecule has 0 bridgehead atoms. The van der Waals surface area contributed by atoms with E-state index in [1.54, 1.807) is 18.3 Å². The first kappa shape index (κ1) is 21.4. The molecule has 2 heterocycles. The monoisotopic (exact) mass is 474 g/mol. The molecule has 3 aromatic rings. The van der Waals surface area contributed by atoms with Gasteiger partial charge in [0.05, 0.1) is 11.6 Å². The molecule has 3 fully saturated rings. The predicted molar refractivity (Wildman–Crippen MR) is 114 cm³/mol. The molecule has 3 aliphatic carbocycles. The van der Waals surface area contributed by atoms with Crippen molar-refractivity contribution in [2.75, 3.05) is 5.32 Å². The quantitative estimate of drug-likeness (QED) is 0.504. The van der Waals surface area contributed by atoms with E-state index in [0.717, 1.165) is 37.9 Å². The van der Waals surface area contributed by atoms with Crippen LogP contribution in [-0.2, 0) is 11.1 Å². The Morgan fingerprint density at radius 2 is 1.91 bits per heavy atom. The number of nitrogens with zero attached hydrogens (tertiary/aromatic N) is 3. The molecule has 34 heavy (non-hydrogen) atoms. The Hall–Kier alpha value is -3.17. The second-order valence-electron chi connectivity index (χ2n) is 9.55. The minimum Gasteiger partial charge on any atom is -0.490 e. The number of anilines is 1. The molecule has 178 valence electrons. The Bertz CT molecular complexity index is 1240. The van der Waals surface area contributed by atoms with Gasteiger partial charge in [-0.3, -0.25) is 9.78 Å². The van der Waals surface area contributed by atoms with Crippen molar-refractivity contribution in [3.8, 4) is 5.75 Å². The fourth-order valence-corrected chi connectivity index (χ4v) is 5.75. The van der Waals surface area contributed by atoms with Crippen LogP contribution >= 0.6 is 0 Å². The van der Waals surface area contributed by atoms with E-state index in [0.29, 0.717) is 28.5 Å². The summed E-state index contributed by atoms with van der Waals surface area (Å²) in [5.74, 6) is 0.873. The van der Waals surface area contributed by atoms with Gasteiger partial charge in [-0.1, -0.05) is 0 Å². The number of halogens is 4. The van der Waals surface area contributed by atoms with Crippen molar-refractivity contribution in [2.24, 2.45) is 29.6 Å². The van der Waals surface area contributed by atoms with Gasteiger partial charge in [0.2, 0.25) is 5.91 Å². The summed E-state index contributed by atoms with van der Waals surface area (Å²) in [5, 5.41) is 6.66. The number of nitrogens with one attached hydrogen (secondary N) is 1. The van der Waals surface area contributed by atoms with Gasteiger partial charge in [-0.25, -0.2) is 4.39 Å². The first-order valence-corrected chi connectivity index (χ1v) is 11.4. The summed E-state index contributed by atoms with van der Waals surface area (Å²) >= 11 is 0. The summed E-state index contributed by atoms with van der Waals surface area (Å²) in [6.07, 6.45) is 1.31. The van der Waals surface area contributed by atoms with Crippen LogP contribution < -0.4 is 10.1 Å². The molecule has 10 heteroatoms.